The second-order valence-corrected chi connectivity index (χ2v) is 5.60. The highest BCUT2D eigenvalue weighted by Gasteiger charge is 2.44. The van der Waals surface area contributed by atoms with Crippen LogP contribution in [0.15, 0.2) is 30.3 Å². The highest BCUT2D eigenvalue weighted by Crippen LogP contribution is 2.36. The number of esters is 1. The van der Waals surface area contributed by atoms with Gasteiger partial charge in [0.25, 0.3) is 0 Å². The van der Waals surface area contributed by atoms with Crippen LogP contribution in [0.3, 0.4) is 0 Å². The molecule has 1 aliphatic heterocycles. The average Bonchev–Trinajstić information content (AvgIpc) is 2.49. The van der Waals surface area contributed by atoms with Gasteiger partial charge in [-0.3, -0.25) is 14.5 Å². The molecule has 1 aromatic carbocycles. The van der Waals surface area contributed by atoms with Crippen LogP contribution >= 0.6 is 0 Å². The predicted octanol–water partition coefficient (Wildman–Crippen LogP) is 1.92. The van der Waals surface area contributed by atoms with Crippen molar-refractivity contribution in [2.75, 3.05) is 20.2 Å². The van der Waals surface area contributed by atoms with Gasteiger partial charge in [-0.15, -0.1) is 0 Å². The van der Waals surface area contributed by atoms with Gasteiger partial charge in [-0.2, -0.15) is 0 Å². The predicted molar refractivity (Wildman–Crippen MR) is 77.7 cm³/mol. The van der Waals surface area contributed by atoms with E-state index >= 15 is 0 Å². The number of ether oxygens (including phenoxy) is 1. The lowest BCUT2D eigenvalue weighted by atomic mass is 9.75. The molecule has 0 aromatic heterocycles. The van der Waals surface area contributed by atoms with Gasteiger partial charge in [0.05, 0.1) is 18.9 Å². The monoisotopic (exact) mass is 291 g/mol. The second-order valence-electron chi connectivity index (χ2n) is 5.60. The fraction of sp³-hybridized carbons (Fsp3) is 0.500. The minimum Gasteiger partial charge on any atom is -0.481 e. The maximum Gasteiger partial charge on any atom is 0.312 e. The lowest BCUT2D eigenvalue weighted by molar-refractivity contribution is -0.162. The molecule has 1 heterocycles. The van der Waals surface area contributed by atoms with Crippen molar-refractivity contribution in [3.05, 3.63) is 35.9 Å². The van der Waals surface area contributed by atoms with Crippen LogP contribution in [-0.2, 0) is 20.9 Å². The highest BCUT2D eigenvalue weighted by atomic mass is 16.5. The molecule has 0 radical (unpaired) electrons. The zero-order valence-corrected chi connectivity index (χ0v) is 12.2. The quantitative estimate of drug-likeness (QED) is 0.839. The minimum absolute atomic E-state index is 0.154. The number of carboxylic acids is 1. The van der Waals surface area contributed by atoms with Crippen molar-refractivity contribution in [3.8, 4) is 0 Å². The SMILES string of the molecule is COC(=O)C1(CC(=O)O)CCN(Cc2ccccc2)CC1. The molecule has 0 spiro atoms. The zero-order chi connectivity index (χ0) is 15.3. The number of likely N-dealkylation sites (tertiary alicyclic amines) is 1. The minimum atomic E-state index is -0.947. The summed E-state index contributed by atoms with van der Waals surface area (Å²) in [7, 11) is 1.32. The van der Waals surface area contributed by atoms with E-state index in [9.17, 15) is 9.59 Å². The summed E-state index contributed by atoms with van der Waals surface area (Å²) in [5.74, 6) is -1.35. The Balaban J connectivity index is 1.99. The largest absolute Gasteiger partial charge is 0.481 e. The van der Waals surface area contributed by atoms with Gasteiger partial charge in [-0.25, -0.2) is 0 Å². The Labute approximate surface area is 124 Å². The summed E-state index contributed by atoms with van der Waals surface area (Å²) in [4.78, 5) is 25.3. The number of carbonyl (C=O) groups excluding carboxylic acids is 1. The van der Waals surface area contributed by atoms with Crippen molar-refractivity contribution in [2.45, 2.75) is 25.8 Å². The third kappa shape index (κ3) is 3.82. The Kier molecular flexibility index (Phi) is 4.96. The van der Waals surface area contributed by atoms with Gasteiger partial charge in [0.1, 0.15) is 0 Å². The number of methoxy groups -OCH3 is 1. The molecule has 0 unspecified atom stereocenters. The van der Waals surface area contributed by atoms with Crippen LogP contribution < -0.4 is 0 Å². The molecule has 0 saturated carbocycles. The Hall–Kier alpha value is -1.88. The lowest BCUT2D eigenvalue weighted by Crippen LogP contribution is -2.45. The molecule has 0 amide bonds. The van der Waals surface area contributed by atoms with Crippen LogP contribution in [0.25, 0.3) is 0 Å². The molecule has 0 bridgehead atoms. The summed E-state index contributed by atoms with van der Waals surface area (Å²) in [5.41, 5.74) is 0.356. The van der Waals surface area contributed by atoms with Crippen LogP contribution in [0.5, 0.6) is 0 Å². The molecule has 21 heavy (non-hydrogen) atoms. The molecule has 2 rings (SSSR count). The number of carboxylic acid groups (broad SMARTS) is 1. The maximum absolute atomic E-state index is 12.0. The number of aliphatic carboxylic acids is 1. The Morgan fingerprint density at radius 2 is 1.86 bits per heavy atom. The van der Waals surface area contributed by atoms with Gasteiger partial charge in [-0.05, 0) is 31.5 Å². The summed E-state index contributed by atoms with van der Waals surface area (Å²) < 4.78 is 4.83. The van der Waals surface area contributed by atoms with E-state index in [2.05, 4.69) is 17.0 Å². The van der Waals surface area contributed by atoms with E-state index in [1.54, 1.807) is 0 Å². The molecule has 1 fully saturated rings. The van der Waals surface area contributed by atoms with Crippen LogP contribution in [0.1, 0.15) is 24.8 Å². The topological polar surface area (TPSA) is 66.8 Å². The summed E-state index contributed by atoms with van der Waals surface area (Å²) >= 11 is 0. The number of hydrogen-bond donors (Lipinski definition) is 1. The van der Waals surface area contributed by atoms with Gasteiger partial charge in [0, 0.05) is 6.54 Å². The van der Waals surface area contributed by atoms with E-state index in [0.717, 1.165) is 6.54 Å². The fourth-order valence-corrected chi connectivity index (χ4v) is 2.94. The molecule has 5 heteroatoms. The van der Waals surface area contributed by atoms with E-state index in [1.807, 2.05) is 18.2 Å². The van der Waals surface area contributed by atoms with Crippen LogP contribution in [-0.4, -0.2) is 42.1 Å². The van der Waals surface area contributed by atoms with Crippen molar-refractivity contribution in [3.63, 3.8) is 0 Å². The second kappa shape index (κ2) is 6.72. The van der Waals surface area contributed by atoms with E-state index in [-0.39, 0.29) is 6.42 Å². The summed E-state index contributed by atoms with van der Waals surface area (Å²) in [5, 5.41) is 9.06. The highest BCUT2D eigenvalue weighted by molar-refractivity contribution is 5.82. The third-order valence-corrected chi connectivity index (χ3v) is 4.17. The van der Waals surface area contributed by atoms with E-state index in [4.69, 9.17) is 9.84 Å². The summed E-state index contributed by atoms with van der Waals surface area (Å²) in [6.45, 7) is 2.24. The van der Waals surface area contributed by atoms with Gasteiger partial charge >= 0.3 is 11.9 Å². The molecular formula is C16H21NO4. The van der Waals surface area contributed by atoms with Crippen LogP contribution in [0.4, 0.5) is 0 Å². The summed E-state index contributed by atoms with van der Waals surface area (Å²) in [6, 6.07) is 10.1. The van der Waals surface area contributed by atoms with E-state index in [0.29, 0.717) is 25.9 Å². The molecule has 114 valence electrons. The van der Waals surface area contributed by atoms with Crippen molar-refractivity contribution in [1.82, 2.24) is 4.90 Å². The van der Waals surface area contributed by atoms with Gasteiger partial charge in [0.15, 0.2) is 0 Å². The van der Waals surface area contributed by atoms with Crippen LogP contribution in [0, 0.1) is 5.41 Å². The van der Waals surface area contributed by atoms with Gasteiger partial charge in [0.2, 0.25) is 0 Å². The van der Waals surface area contributed by atoms with E-state index < -0.39 is 17.4 Å². The normalized spacial score (nSPS) is 18.1. The van der Waals surface area contributed by atoms with Gasteiger partial charge in [-0.1, -0.05) is 30.3 Å². The number of hydrogen-bond acceptors (Lipinski definition) is 4. The smallest absolute Gasteiger partial charge is 0.312 e. The number of benzene rings is 1. The van der Waals surface area contributed by atoms with Crippen molar-refractivity contribution in [2.24, 2.45) is 5.41 Å². The lowest BCUT2D eigenvalue weighted by Gasteiger charge is -2.38. The number of carbonyl (C=O) groups is 2. The fourth-order valence-electron chi connectivity index (χ4n) is 2.94. The first-order valence-electron chi connectivity index (χ1n) is 7.12. The first-order valence-corrected chi connectivity index (χ1v) is 7.12. The van der Waals surface area contributed by atoms with Crippen LogP contribution in [0.2, 0.25) is 0 Å². The number of piperidine rings is 1. The Morgan fingerprint density at radius 3 is 2.38 bits per heavy atom. The Bertz CT molecular complexity index is 492. The third-order valence-electron chi connectivity index (χ3n) is 4.17. The van der Waals surface area contributed by atoms with Gasteiger partial charge < -0.3 is 9.84 Å². The molecule has 0 atom stereocenters. The zero-order valence-electron chi connectivity index (χ0n) is 12.2. The molecule has 0 aliphatic carbocycles. The maximum atomic E-state index is 12.0. The Morgan fingerprint density at radius 1 is 1.24 bits per heavy atom. The van der Waals surface area contributed by atoms with E-state index in [1.165, 1.54) is 12.7 Å². The first kappa shape index (κ1) is 15.5. The van der Waals surface area contributed by atoms with Crippen molar-refractivity contribution < 1.29 is 19.4 Å². The number of nitrogens with zero attached hydrogens (tertiary/aromatic N) is 1. The average molecular weight is 291 g/mol. The summed E-state index contributed by atoms with van der Waals surface area (Å²) in [6.07, 6.45) is 0.899. The molecule has 1 N–H and O–H groups in total. The number of rotatable bonds is 5. The molecule has 5 nitrogen and oxygen atoms in total. The molecule has 1 aromatic rings. The molecule has 1 saturated heterocycles. The van der Waals surface area contributed by atoms with Crippen molar-refractivity contribution in [1.29, 1.82) is 0 Å². The van der Waals surface area contributed by atoms with Crippen molar-refractivity contribution >= 4 is 11.9 Å². The molecular weight excluding hydrogens is 270 g/mol. The molecule has 1 aliphatic rings. The first-order chi connectivity index (χ1) is 10.1. The standard InChI is InChI=1S/C16H21NO4/c1-21-15(20)16(11-14(18)19)7-9-17(10-8-16)12-13-5-3-2-4-6-13/h2-6H,7-12H2,1H3,(H,18,19).